The van der Waals surface area contributed by atoms with Crippen molar-refractivity contribution in [2.45, 2.75) is 0 Å². The van der Waals surface area contributed by atoms with Crippen LogP contribution < -0.4 is 16.0 Å². The zero-order valence-electron chi connectivity index (χ0n) is 14.4. The average molecular weight is 396 g/mol. The summed E-state index contributed by atoms with van der Waals surface area (Å²) in [5.41, 5.74) is 0.488. The molecule has 2 aromatic rings. The number of benzene rings is 2. The molecule has 11 nitrogen and oxygen atoms in total. The Morgan fingerprint density at radius 3 is 1.79 bits per heavy atom. The molecule has 0 heterocycles. The summed E-state index contributed by atoms with van der Waals surface area (Å²) in [6.45, 7) is 0. The van der Waals surface area contributed by atoms with Gasteiger partial charge in [-0.05, 0) is 42.5 Å². The maximum absolute atomic E-state index is 12.3. The highest BCUT2D eigenvalue weighted by Crippen LogP contribution is 2.21. The minimum atomic E-state index is -1.69. The van der Waals surface area contributed by atoms with Crippen LogP contribution in [-0.4, -0.2) is 39.9 Å². The summed E-state index contributed by atoms with van der Waals surface area (Å²) in [4.78, 5) is 55.7. The first kappa shape index (κ1) is 20.6. The SMILES string of the molecule is N#Cc1cc(NC(=O)C(=O)O)ccc1NC(=O)c1ccc(NC(=O)C(=O)O)cc1. The normalized spacial score (nSPS) is 9.62. The lowest BCUT2D eigenvalue weighted by Gasteiger charge is -2.10. The second-order valence-electron chi connectivity index (χ2n) is 5.42. The van der Waals surface area contributed by atoms with Crippen molar-refractivity contribution in [3.05, 3.63) is 53.6 Å². The molecule has 0 saturated heterocycles. The number of nitrogens with one attached hydrogen (secondary N) is 3. The van der Waals surface area contributed by atoms with Crippen LogP contribution in [0.2, 0.25) is 0 Å². The van der Waals surface area contributed by atoms with Crippen molar-refractivity contribution in [3.63, 3.8) is 0 Å². The lowest BCUT2D eigenvalue weighted by atomic mass is 10.1. The molecule has 2 aromatic carbocycles. The highest BCUT2D eigenvalue weighted by atomic mass is 16.4. The summed E-state index contributed by atoms with van der Waals surface area (Å²) in [6.07, 6.45) is 0. The Morgan fingerprint density at radius 2 is 1.28 bits per heavy atom. The van der Waals surface area contributed by atoms with Crippen LogP contribution >= 0.6 is 0 Å². The van der Waals surface area contributed by atoms with Crippen LogP contribution in [0.4, 0.5) is 17.1 Å². The van der Waals surface area contributed by atoms with E-state index in [9.17, 15) is 29.2 Å². The van der Waals surface area contributed by atoms with E-state index in [0.717, 1.165) is 0 Å². The second-order valence-corrected chi connectivity index (χ2v) is 5.42. The molecule has 0 radical (unpaired) electrons. The predicted octanol–water partition coefficient (Wildman–Crippen LogP) is 0.857. The van der Waals surface area contributed by atoms with E-state index in [-0.39, 0.29) is 28.2 Å². The van der Waals surface area contributed by atoms with Gasteiger partial charge in [-0.2, -0.15) is 5.26 Å². The van der Waals surface area contributed by atoms with Gasteiger partial charge in [-0.15, -0.1) is 0 Å². The molecular formula is C18H12N4O7. The molecule has 3 amide bonds. The summed E-state index contributed by atoms with van der Waals surface area (Å²) in [5.74, 6) is -6.45. The molecule has 0 fully saturated rings. The quantitative estimate of drug-likeness (QED) is 0.471. The number of carboxylic acids is 2. The first-order valence-electron chi connectivity index (χ1n) is 7.75. The zero-order valence-corrected chi connectivity index (χ0v) is 14.4. The van der Waals surface area contributed by atoms with Crippen molar-refractivity contribution in [3.8, 4) is 6.07 Å². The molecule has 0 aromatic heterocycles. The summed E-state index contributed by atoms with van der Waals surface area (Å²) in [7, 11) is 0. The number of nitrogens with zero attached hydrogens (tertiary/aromatic N) is 1. The Hall–Kier alpha value is -4.72. The Balaban J connectivity index is 2.13. The smallest absolute Gasteiger partial charge is 0.394 e. The van der Waals surface area contributed by atoms with Gasteiger partial charge in [0, 0.05) is 16.9 Å². The van der Waals surface area contributed by atoms with E-state index < -0.39 is 29.7 Å². The maximum atomic E-state index is 12.3. The molecule has 2 rings (SSSR count). The van der Waals surface area contributed by atoms with Gasteiger partial charge >= 0.3 is 23.8 Å². The number of amides is 3. The number of carboxylic acid groups (broad SMARTS) is 2. The van der Waals surface area contributed by atoms with Gasteiger partial charge in [0.2, 0.25) is 0 Å². The zero-order chi connectivity index (χ0) is 21.6. The fourth-order valence-corrected chi connectivity index (χ4v) is 2.09. The summed E-state index contributed by atoms with van der Waals surface area (Å²) >= 11 is 0. The number of hydrogen-bond acceptors (Lipinski definition) is 6. The molecule has 5 N–H and O–H groups in total. The molecule has 0 atom stereocenters. The van der Waals surface area contributed by atoms with Crippen LogP contribution in [0.5, 0.6) is 0 Å². The van der Waals surface area contributed by atoms with Gasteiger partial charge in [0.05, 0.1) is 11.3 Å². The Labute approximate surface area is 162 Å². The van der Waals surface area contributed by atoms with E-state index >= 15 is 0 Å². The Bertz CT molecular complexity index is 1050. The highest BCUT2D eigenvalue weighted by Gasteiger charge is 2.15. The van der Waals surface area contributed by atoms with Crippen LogP contribution in [0.3, 0.4) is 0 Å². The Morgan fingerprint density at radius 1 is 0.759 bits per heavy atom. The van der Waals surface area contributed by atoms with Crippen LogP contribution in [-0.2, 0) is 19.2 Å². The average Bonchev–Trinajstić information content (AvgIpc) is 2.69. The first-order valence-corrected chi connectivity index (χ1v) is 7.75. The number of carbonyl (C=O) groups is 5. The van der Waals surface area contributed by atoms with E-state index in [1.54, 1.807) is 0 Å². The molecule has 29 heavy (non-hydrogen) atoms. The second kappa shape index (κ2) is 8.78. The lowest BCUT2D eigenvalue weighted by molar-refractivity contribution is -0.147. The summed E-state index contributed by atoms with van der Waals surface area (Å²) in [6, 6.07) is 11.0. The van der Waals surface area contributed by atoms with Gasteiger partial charge in [-0.25, -0.2) is 9.59 Å². The van der Waals surface area contributed by atoms with Crippen molar-refractivity contribution in [1.82, 2.24) is 0 Å². The molecule has 0 aliphatic carbocycles. The maximum Gasteiger partial charge on any atom is 0.394 e. The minimum Gasteiger partial charge on any atom is -0.474 e. The van der Waals surface area contributed by atoms with Crippen molar-refractivity contribution in [2.24, 2.45) is 0 Å². The van der Waals surface area contributed by atoms with E-state index in [1.807, 2.05) is 6.07 Å². The van der Waals surface area contributed by atoms with Crippen molar-refractivity contribution < 1.29 is 34.2 Å². The van der Waals surface area contributed by atoms with Crippen LogP contribution in [0.25, 0.3) is 0 Å². The van der Waals surface area contributed by atoms with Crippen molar-refractivity contribution in [1.29, 1.82) is 5.26 Å². The number of carbonyl (C=O) groups excluding carboxylic acids is 3. The fraction of sp³-hybridized carbons (Fsp3) is 0. The number of anilines is 3. The fourth-order valence-electron chi connectivity index (χ4n) is 2.09. The van der Waals surface area contributed by atoms with Gasteiger partial charge in [0.1, 0.15) is 6.07 Å². The van der Waals surface area contributed by atoms with E-state index in [1.165, 1.54) is 42.5 Å². The highest BCUT2D eigenvalue weighted by molar-refractivity contribution is 6.37. The predicted molar refractivity (Wildman–Crippen MR) is 98.1 cm³/mol. The number of nitriles is 1. The molecule has 0 bridgehead atoms. The molecule has 0 unspecified atom stereocenters. The number of hydrogen-bond donors (Lipinski definition) is 5. The van der Waals surface area contributed by atoms with Gasteiger partial charge in [0.25, 0.3) is 5.91 Å². The summed E-state index contributed by atoms with van der Waals surface area (Å²) in [5, 5.41) is 33.0. The van der Waals surface area contributed by atoms with Crippen molar-refractivity contribution in [2.75, 3.05) is 16.0 Å². The molecule has 11 heteroatoms. The third kappa shape index (κ3) is 5.38. The van der Waals surface area contributed by atoms with Crippen LogP contribution in [0.1, 0.15) is 15.9 Å². The Kier molecular flexibility index (Phi) is 6.23. The number of aliphatic carboxylic acids is 2. The van der Waals surface area contributed by atoms with Crippen LogP contribution in [0, 0.1) is 11.3 Å². The lowest BCUT2D eigenvalue weighted by Crippen LogP contribution is -2.22. The van der Waals surface area contributed by atoms with Crippen LogP contribution in [0.15, 0.2) is 42.5 Å². The van der Waals surface area contributed by atoms with Gasteiger partial charge in [-0.3, -0.25) is 14.4 Å². The number of rotatable bonds is 4. The van der Waals surface area contributed by atoms with Gasteiger partial charge in [0.15, 0.2) is 0 Å². The monoisotopic (exact) mass is 396 g/mol. The molecule has 0 aliphatic rings. The molecular weight excluding hydrogens is 384 g/mol. The van der Waals surface area contributed by atoms with E-state index in [4.69, 9.17) is 10.2 Å². The topological polar surface area (TPSA) is 186 Å². The molecule has 0 spiro atoms. The molecule has 146 valence electrons. The van der Waals surface area contributed by atoms with E-state index in [2.05, 4.69) is 16.0 Å². The first-order chi connectivity index (χ1) is 13.7. The summed E-state index contributed by atoms with van der Waals surface area (Å²) < 4.78 is 0. The van der Waals surface area contributed by atoms with Gasteiger partial charge in [-0.1, -0.05) is 0 Å². The van der Waals surface area contributed by atoms with Gasteiger partial charge < -0.3 is 26.2 Å². The van der Waals surface area contributed by atoms with E-state index in [0.29, 0.717) is 0 Å². The minimum absolute atomic E-state index is 0.0214. The largest absolute Gasteiger partial charge is 0.474 e. The third-order valence-corrected chi connectivity index (χ3v) is 3.44. The molecule has 0 aliphatic heterocycles. The third-order valence-electron chi connectivity index (χ3n) is 3.44. The standard InChI is InChI=1S/C18H12N4O7/c19-8-10-7-12(21-16(25)18(28)29)5-6-13(10)22-14(23)9-1-3-11(4-2-9)20-15(24)17(26)27/h1-7H,(H,20,24)(H,21,25)(H,22,23)(H,26,27)(H,28,29). The van der Waals surface area contributed by atoms with Crippen molar-refractivity contribution >= 4 is 46.7 Å². The molecule has 0 saturated carbocycles.